The maximum absolute atomic E-state index is 13.5. The third-order valence-corrected chi connectivity index (χ3v) is 6.26. The van der Waals surface area contributed by atoms with Crippen LogP contribution < -0.4 is 11.2 Å². The van der Waals surface area contributed by atoms with Gasteiger partial charge < -0.3 is 14.0 Å². The summed E-state index contributed by atoms with van der Waals surface area (Å²) in [5.41, 5.74) is 0.972. The van der Waals surface area contributed by atoms with Crippen molar-refractivity contribution in [3.05, 3.63) is 111 Å². The lowest BCUT2D eigenvalue weighted by Gasteiger charge is -2.13. The van der Waals surface area contributed by atoms with Crippen LogP contribution in [-0.4, -0.2) is 38.4 Å². The molecule has 0 radical (unpaired) electrons. The lowest BCUT2D eigenvalue weighted by Crippen LogP contribution is -2.42. The number of methoxy groups -OCH3 is 1. The zero-order valence-corrected chi connectivity index (χ0v) is 20.4. The highest BCUT2D eigenvalue weighted by Gasteiger charge is 2.20. The molecule has 0 amide bonds. The third-order valence-electron chi connectivity index (χ3n) is 6.26. The van der Waals surface area contributed by atoms with E-state index in [2.05, 4.69) is 4.98 Å². The first-order valence-electron chi connectivity index (χ1n) is 11.9. The van der Waals surface area contributed by atoms with Gasteiger partial charge in [0.25, 0.3) is 5.56 Å². The Kier molecular flexibility index (Phi) is 6.96. The molecule has 0 aliphatic heterocycles. The summed E-state index contributed by atoms with van der Waals surface area (Å²) in [5.74, 6) is -0.680. The minimum Gasteiger partial charge on any atom is -0.459 e. The molecule has 0 fully saturated rings. The van der Waals surface area contributed by atoms with Crippen LogP contribution in [0, 0.1) is 0 Å². The predicted molar refractivity (Wildman–Crippen MR) is 139 cm³/mol. The summed E-state index contributed by atoms with van der Waals surface area (Å²) in [6.07, 6.45) is 1.51. The van der Waals surface area contributed by atoms with E-state index in [-0.39, 0.29) is 24.3 Å². The fourth-order valence-corrected chi connectivity index (χ4v) is 4.40. The van der Waals surface area contributed by atoms with E-state index in [0.717, 1.165) is 26.5 Å². The molecule has 0 bridgehead atoms. The maximum Gasteiger partial charge on any atom is 0.333 e. The monoisotopic (exact) mass is 498 g/mol. The topological polar surface area (TPSA) is 97.4 Å². The Morgan fingerprint density at radius 3 is 2.49 bits per heavy atom. The molecule has 9 heteroatoms. The highest BCUT2D eigenvalue weighted by Crippen LogP contribution is 2.19. The predicted octanol–water partition coefficient (Wildman–Crippen LogP) is 2.95. The lowest BCUT2D eigenvalue weighted by molar-refractivity contribution is -0.145. The van der Waals surface area contributed by atoms with Crippen LogP contribution >= 0.6 is 0 Å². The van der Waals surface area contributed by atoms with Crippen molar-refractivity contribution in [1.82, 2.24) is 18.7 Å². The fourth-order valence-electron chi connectivity index (χ4n) is 4.40. The zero-order chi connectivity index (χ0) is 25.8. The highest BCUT2D eigenvalue weighted by atomic mass is 16.5. The minimum absolute atomic E-state index is 0.0289. The number of carbonyl (C=O) groups is 1. The van der Waals surface area contributed by atoms with Crippen LogP contribution in [0.4, 0.5) is 0 Å². The van der Waals surface area contributed by atoms with Gasteiger partial charge in [-0.2, -0.15) is 0 Å². The Labute approximate surface area is 212 Å². The van der Waals surface area contributed by atoms with Crippen molar-refractivity contribution in [1.29, 1.82) is 0 Å². The summed E-state index contributed by atoms with van der Waals surface area (Å²) < 4.78 is 14.6. The molecular formula is C28H26N4O5. The van der Waals surface area contributed by atoms with E-state index in [1.807, 2.05) is 72.8 Å². The van der Waals surface area contributed by atoms with Crippen molar-refractivity contribution >= 4 is 27.9 Å². The molecule has 2 aromatic heterocycles. The number of carbonyl (C=O) groups excluding carboxylic acids is 1. The van der Waals surface area contributed by atoms with E-state index < -0.39 is 23.8 Å². The summed E-state index contributed by atoms with van der Waals surface area (Å²) in [6.45, 7) is 0.444. The fraction of sp³-hybridized carbons (Fsp3) is 0.214. The molecule has 0 N–H and O–H groups in total. The van der Waals surface area contributed by atoms with Crippen molar-refractivity contribution in [3.8, 4) is 0 Å². The maximum atomic E-state index is 13.5. The second kappa shape index (κ2) is 10.6. The van der Waals surface area contributed by atoms with Gasteiger partial charge in [-0.25, -0.2) is 14.3 Å². The number of hydrogen-bond acceptors (Lipinski definition) is 6. The molecule has 5 rings (SSSR count). The molecule has 0 spiro atoms. The molecular weight excluding hydrogens is 472 g/mol. The molecule has 2 heterocycles. The summed E-state index contributed by atoms with van der Waals surface area (Å²) in [5, 5.41) is 2.01. The third kappa shape index (κ3) is 4.94. The normalized spacial score (nSPS) is 11.3. The molecule has 37 heavy (non-hydrogen) atoms. The van der Waals surface area contributed by atoms with E-state index in [1.165, 1.54) is 10.9 Å². The molecule has 0 atom stereocenters. The van der Waals surface area contributed by atoms with Crippen LogP contribution in [0.3, 0.4) is 0 Å². The second-order valence-corrected chi connectivity index (χ2v) is 8.65. The van der Waals surface area contributed by atoms with Gasteiger partial charge in [0.1, 0.15) is 13.2 Å². The van der Waals surface area contributed by atoms with E-state index in [0.29, 0.717) is 13.2 Å². The van der Waals surface area contributed by atoms with Gasteiger partial charge in [0.15, 0.2) is 11.2 Å². The van der Waals surface area contributed by atoms with Gasteiger partial charge in [0.05, 0.1) is 19.5 Å². The van der Waals surface area contributed by atoms with Gasteiger partial charge in [-0.1, -0.05) is 72.8 Å². The number of imidazole rings is 1. The number of nitrogens with zero attached hydrogens (tertiary/aromatic N) is 4. The average Bonchev–Trinajstić information content (AvgIpc) is 3.35. The van der Waals surface area contributed by atoms with Crippen molar-refractivity contribution in [2.24, 2.45) is 0 Å². The molecule has 0 aliphatic rings. The van der Waals surface area contributed by atoms with Gasteiger partial charge >= 0.3 is 11.7 Å². The molecule has 188 valence electrons. The van der Waals surface area contributed by atoms with Crippen LogP contribution in [0.25, 0.3) is 21.9 Å². The molecule has 0 unspecified atom stereocenters. The Morgan fingerprint density at radius 2 is 1.68 bits per heavy atom. The minimum atomic E-state index is -0.680. The van der Waals surface area contributed by atoms with Crippen molar-refractivity contribution in [2.75, 3.05) is 13.7 Å². The van der Waals surface area contributed by atoms with Gasteiger partial charge in [0, 0.05) is 13.7 Å². The molecule has 0 saturated heterocycles. The molecule has 0 aliphatic carbocycles. The number of rotatable bonds is 9. The largest absolute Gasteiger partial charge is 0.459 e. The Morgan fingerprint density at radius 1 is 0.919 bits per heavy atom. The van der Waals surface area contributed by atoms with Crippen molar-refractivity contribution in [3.63, 3.8) is 0 Å². The Balaban J connectivity index is 1.48. The molecule has 0 saturated carbocycles. The van der Waals surface area contributed by atoms with Gasteiger partial charge in [-0.3, -0.25) is 14.2 Å². The second-order valence-electron chi connectivity index (χ2n) is 8.65. The van der Waals surface area contributed by atoms with Crippen LogP contribution in [0.15, 0.2) is 88.7 Å². The first kappa shape index (κ1) is 24.2. The Bertz CT molecular complexity index is 1680. The van der Waals surface area contributed by atoms with E-state index in [9.17, 15) is 14.4 Å². The summed E-state index contributed by atoms with van der Waals surface area (Å²) in [6, 6.07) is 23.0. The van der Waals surface area contributed by atoms with E-state index >= 15 is 0 Å². The lowest BCUT2D eigenvalue weighted by atomic mass is 10.1. The first-order chi connectivity index (χ1) is 18.1. The van der Waals surface area contributed by atoms with E-state index in [1.54, 1.807) is 11.7 Å². The smallest absolute Gasteiger partial charge is 0.333 e. The standard InChI is InChI=1S/C28H26N4O5/c1-36-15-14-30-19-29-26-25(30)27(34)32(28(35)31(26)16-20-8-3-2-4-9-20)17-24(33)37-18-22-12-7-11-21-10-5-6-13-23(21)22/h2-13,19H,14-18H2,1H3. The van der Waals surface area contributed by atoms with E-state index in [4.69, 9.17) is 9.47 Å². The first-order valence-corrected chi connectivity index (χ1v) is 11.9. The Hall–Kier alpha value is -4.50. The number of esters is 1. The number of ether oxygens (including phenoxy) is 2. The molecule has 3 aromatic carbocycles. The van der Waals surface area contributed by atoms with Crippen LogP contribution in [0.2, 0.25) is 0 Å². The number of hydrogen-bond donors (Lipinski definition) is 0. The molecule has 5 aromatic rings. The van der Waals surface area contributed by atoms with Crippen LogP contribution in [0.5, 0.6) is 0 Å². The number of aromatic nitrogens is 4. The van der Waals surface area contributed by atoms with Gasteiger partial charge in [-0.15, -0.1) is 0 Å². The SMILES string of the molecule is COCCn1cnc2c1c(=O)n(CC(=O)OCc1cccc3ccccc13)c(=O)n2Cc1ccccc1. The van der Waals surface area contributed by atoms with Crippen LogP contribution in [-0.2, 0) is 40.5 Å². The summed E-state index contributed by atoms with van der Waals surface area (Å²) >= 11 is 0. The van der Waals surface area contributed by atoms with Gasteiger partial charge in [-0.05, 0) is 21.9 Å². The molecule has 9 nitrogen and oxygen atoms in total. The number of benzene rings is 3. The summed E-state index contributed by atoms with van der Waals surface area (Å²) in [4.78, 5) is 44.1. The van der Waals surface area contributed by atoms with Crippen LogP contribution in [0.1, 0.15) is 11.1 Å². The van der Waals surface area contributed by atoms with Crippen molar-refractivity contribution in [2.45, 2.75) is 26.2 Å². The number of fused-ring (bicyclic) bond motifs is 2. The quantitative estimate of drug-likeness (QED) is 0.290. The highest BCUT2D eigenvalue weighted by molar-refractivity contribution is 5.85. The average molecular weight is 499 g/mol. The summed E-state index contributed by atoms with van der Waals surface area (Å²) in [7, 11) is 1.56. The van der Waals surface area contributed by atoms with Gasteiger partial charge in [0.2, 0.25) is 0 Å². The van der Waals surface area contributed by atoms with Crippen molar-refractivity contribution < 1.29 is 14.3 Å². The zero-order valence-electron chi connectivity index (χ0n) is 20.4.